The predicted molar refractivity (Wildman–Crippen MR) is 98.2 cm³/mol. The summed E-state index contributed by atoms with van der Waals surface area (Å²) in [6, 6.07) is 8.49. The minimum atomic E-state index is -3.46. The van der Waals surface area contributed by atoms with Gasteiger partial charge in [0, 0.05) is 10.7 Å². The van der Waals surface area contributed by atoms with Crippen molar-refractivity contribution in [1.82, 2.24) is 0 Å². The van der Waals surface area contributed by atoms with Crippen molar-refractivity contribution in [2.75, 3.05) is 15.8 Å². The maximum atomic E-state index is 13.8. The zero-order valence-corrected chi connectivity index (χ0v) is 15.3. The van der Waals surface area contributed by atoms with E-state index in [1.54, 1.807) is 32.0 Å². The molecule has 0 aliphatic heterocycles. The van der Waals surface area contributed by atoms with Gasteiger partial charge in [-0.3, -0.25) is 9.52 Å². The van der Waals surface area contributed by atoms with Gasteiger partial charge in [-0.1, -0.05) is 24.6 Å². The largest absolute Gasteiger partial charge is 0.322 e. The number of sulfonamides is 1. The molecule has 0 radical (unpaired) electrons. The summed E-state index contributed by atoms with van der Waals surface area (Å²) in [5.74, 6) is -1.37. The lowest BCUT2D eigenvalue weighted by atomic mass is 10.1. The van der Waals surface area contributed by atoms with Crippen molar-refractivity contribution in [2.45, 2.75) is 20.3 Å². The molecule has 0 aliphatic carbocycles. The van der Waals surface area contributed by atoms with Crippen LogP contribution in [-0.2, 0) is 10.0 Å². The van der Waals surface area contributed by atoms with Gasteiger partial charge in [-0.25, -0.2) is 12.8 Å². The van der Waals surface area contributed by atoms with E-state index in [2.05, 4.69) is 10.0 Å². The van der Waals surface area contributed by atoms with Crippen molar-refractivity contribution in [1.29, 1.82) is 0 Å². The SMILES string of the molecule is CCCS(=O)(=O)Nc1cccc(NC(=O)c2cc(Cl)ccc2F)c1C. The standard InChI is InChI=1S/C17H18ClFN2O3S/c1-3-9-25(23,24)21-16-6-4-5-15(11(16)2)20-17(22)13-10-12(18)7-8-14(13)19/h4-8,10,21H,3,9H2,1-2H3,(H,20,22). The molecule has 0 unspecified atom stereocenters. The van der Waals surface area contributed by atoms with Crippen molar-refractivity contribution in [3.05, 3.63) is 58.4 Å². The Kier molecular flexibility index (Phi) is 6.02. The van der Waals surface area contributed by atoms with E-state index in [0.717, 1.165) is 6.07 Å². The van der Waals surface area contributed by atoms with Crippen LogP contribution in [0.5, 0.6) is 0 Å². The van der Waals surface area contributed by atoms with E-state index < -0.39 is 21.7 Å². The molecule has 2 aromatic rings. The molecule has 25 heavy (non-hydrogen) atoms. The second-order valence-electron chi connectivity index (χ2n) is 5.48. The summed E-state index contributed by atoms with van der Waals surface area (Å²) in [6.07, 6.45) is 0.485. The van der Waals surface area contributed by atoms with Gasteiger partial charge in [-0.15, -0.1) is 0 Å². The summed E-state index contributed by atoms with van der Waals surface area (Å²) >= 11 is 5.80. The van der Waals surface area contributed by atoms with Crippen LogP contribution in [0.15, 0.2) is 36.4 Å². The Morgan fingerprint density at radius 1 is 1.20 bits per heavy atom. The molecule has 0 heterocycles. The lowest BCUT2D eigenvalue weighted by molar-refractivity contribution is 0.102. The molecule has 0 aliphatic rings. The third-order valence-corrected chi connectivity index (χ3v) is 5.21. The van der Waals surface area contributed by atoms with Gasteiger partial charge in [-0.2, -0.15) is 0 Å². The van der Waals surface area contributed by atoms with E-state index in [-0.39, 0.29) is 16.3 Å². The normalized spacial score (nSPS) is 11.2. The summed E-state index contributed by atoms with van der Waals surface area (Å²) in [5, 5.41) is 2.82. The molecular formula is C17H18ClFN2O3S. The average Bonchev–Trinajstić information content (AvgIpc) is 2.53. The summed E-state index contributed by atoms with van der Waals surface area (Å²) in [7, 11) is -3.46. The fourth-order valence-electron chi connectivity index (χ4n) is 2.23. The number of benzene rings is 2. The Bertz CT molecular complexity index is 901. The molecule has 0 fully saturated rings. The fraction of sp³-hybridized carbons (Fsp3) is 0.235. The topological polar surface area (TPSA) is 75.3 Å². The quantitative estimate of drug-likeness (QED) is 0.784. The van der Waals surface area contributed by atoms with Crippen molar-refractivity contribution in [2.24, 2.45) is 0 Å². The number of hydrogen-bond acceptors (Lipinski definition) is 3. The molecule has 1 amide bonds. The molecule has 2 N–H and O–H groups in total. The Morgan fingerprint density at radius 2 is 1.88 bits per heavy atom. The Labute approximate surface area is 151 Å². The van der Waals surface area contributed by atoms with Crippen LogP contribution in [0.25, 0.3) is 0 Å². The third kappa shape index (κ3) is 4.93. The number of halogens is 2. The monoisotopic (exact) mass is 384 g/mol. The van der Waals surface area contributed by atoms with E-state index in [1.165, 1.54) is 12.1 Å². The van der Waals surface area contributed by atoms with Gasteiger partial charge < -0.3 is 5.32 Å². The van der Waals surface area contributed by atoms with Crippen LogP contribution < -0.4 is 10.0 Å². The van der Waals surface area contributed by atoms with Crippen molar-refractivity contribution in [3.63, 3.8) is 0 Å². The number of carbonyl (C=O) groups excluding carboxylic acids is 1. The smallest absolute Gasteiger partial charge is 0.258 e. The highest BCUT2D eigenvalue weighted by Crippen LogP contribution is 2.25. The molecular weight excluding hydrogens is 367 g/mol. The zero-order chi connectivity index (χ0) is 18.6. The number of nitrogens with one attached hydrogen (secondary N) is 2. The zero-order valence-electron chi connectivity index (χ0n) is 13.8. The molecule has 0 saturated heterocycles. The third-order valence-electron chi connectivity index (χ3n) is 3.49. The van der Waals surface area contributed by atoms with Crippen LogP contribution in [0.3, 0.4) is 0 Å². The maximum Gasteiger partial charge on any atom is 0.258 e. The van der Waals surface area contributed by atoms with Crippen molar-refractivity contribution >= 4 is 38.9 Å². The second-order valence-corrected chi connectivity index (χ2v) is 7.76. The molecule has 0 atom stereocenters. The van der Waals surface area contributed by atoms with Crippen LogP contribution >= 0.6 is 11.6 Å². The number of anilines is 2. The molecule has 0 bridgehead atoms. The summed E-state index contributed by atoms with van der Waals surface area (Å²) in [5.41, 5.74) is 1.07. The van der Waals surface area contributed by atoms with Crippen LogP contribution in [0.2, 0.25) is 5.02 Å². The number of amides is 1. The number of rotatable bonds is 6. The van der Waals surface area contributed by atoms with Gasteiger partial charge in [-0.05, 0) is 49.2 Å². The average molecular weight is 385 g/mol. The molecule has 0 aromatic heterocycles. The van der Waals surface area contributed by atoms with Crippen LogP contribution in [-0.4, -0.2) is 20.1 Å². The first-order valence-corrected chi connectivity index (χ1v) is 9.63. The van der Waals surface area contributed by atoms with E-state index in [1.807, 2.05) is 0 Å². The summed E-state index contributed by atoms with van der Waals surface area (Å²) in [6.45, 7) is 3.43. The molecule has 0 saturated carbocycles. The second kappa shape index (κ2) is 7.84. The van der Waals surface area contributed by atoms with Crippen molar-refractivity contribution in [3.8, 4) is 0 Å². The lowest BCUT2D eigenvalue weighted by Crippen LogP contribution is -2.18. The van der Waals surface area contributed by atoms with Crippen LogP contribution in [0.1, 0.15) is 29.3 Å². The van der Waals surface area contributed by atoms with E-state index >= 15 is 0 Å². The van der Waals surface area contributed by atoms with Gasteiger partial charge in [0.05, 0.1) is 17.0 Å². The summed E-state index contributed by atoms with van der Waals surface area (Å²) in [4.78, 5) is 12.3. The predicted octanol–water partition coefficient (Wildman–Crippen LogP) is 4.19. The number of carbonyl (C=O) groups is 1. The van der Waals surface area contributed by atoms with E-state index in [4.69, 9.17) is 11.6 Å². The molecule has 8 heteroatoms. The van der Waals surface area contributed by atoms with Gasteiger partial charge >= 0.3 is 0 Å². The molecule has 134 valence electrons. The van der Waals surface area contributed by atoms with Gasteiger partial charge in [0.25, 0.3) is 5.91 Å². The first kappa shape index (κ1) is 19.2. The lowest BCUT2D eigenvalue weighted by Gasteiger charge is -2.14. The summed E-state index contributed by atoms with van der Waals surface area (Å²) < 4.78 is 40.1. The molecule has 2 rings (SSSR count). The minimum Gasteiger partial charge on any atom is -0.322 e. The first-order chi connectivity index (χ1) is 11.7. The highest BCUT2D eigenvalue weighted by Gasteiger charge is 2.16. The van der Waals surface area contributed by atoms with E-state index in [9.17, 15) is 17.6 Å². The maximum absolute atomic E-state index is 13.8. The Balaban J connectivity index is 2.27. The highest BCUT2D eigenvalue weighted by atomic mass is 35.5. The van der Waals surface area contributed by atoms with Gasteiger partial charge in [0.2, 0.25) is 10.0 Å². The van der Waals surface area contributed by atoms with Gasteiger partial charge in [0.15, 0.2) is 0 Å². The molecule has 2 aromatic carbocycles. The minimum absolute atomic E-state index is 0.00322. The molecule has 0 spiro atoms. The highest BCUT2D eigenvalue weighted by molar-refractivity contribution is 7.92. The Hall–Kier alpha value is -2.12. The number of hydrogen-bond donors (Lipinski definition) is 2. The fourth-order valence-corrected chi connectivity index (χ4v) is 3.60. The van der Waals surface area contributed by atoms with Gasteiger partial charge in [0.1, 0.15) is 5.82 Å². The molecule has 5 nitrogen and oxygen atoms in total. The van der Waals surface area contributed by atoms with Crippen LogP contribution in [0, 0.1) is 12.7 Å². The Morgan fingerprint density at radius 3 is 2.56 bits per heavy atom. The van der Waals surface area contributed by atoms with Crippen LogP contribution in [0.4, 0.5) is 15.8 Å². The van der Waals surface area contributed by atoms with E-state index in [0.29, 0.717) is 23.4 Å². The first-order valence-electron chi connectivity index (χ1n) is 7.60. The van der Waals surface area contributed by atoms with Crippen molar-refractivity contribution < 1.29 is 17.6 Å².